The van der Waals surface area contributed by atoms with E-state index >= 15 is 0 Å². The Bertz CT molecular complexity index is 360. The molecule has 86 valence electrons. The van der Waals surface area contributed by atoms with Gasteiger partial charge in [-0.1, -0.05) is 6.42 Å². The molecule has 0 spiro atoms. The standard InChI is InChI=1S/C13H19N3/c1-9-6-14-13(15-7-9)16-8-12-5-10-2-3-11(12)4-10/h6-7,10-12H,2-5,8H2,1H3,(H,14,15,16). The minimum Gasteiger partial charge on any atom is -0.354 e. The molecule has 2 bridgehead atoms. The average Bonchev–Trinajstić information content (AvgIpc) is 2.90. The molecule has 2 fully saturated rings. The van der Waals surface area contributed by atoms with E-state index in [-0.39, 0.29) is 0 Å². The molecule has 3 rings (SSSR count). The zero-order valence-corrected chi connectivity index (χ0v) is 9.82. The van der Waals surface area contributed by atoms with E-state index in [0.717, 1.165) is 35.8 Å². The van der Waals surface area contributed by atoms with Gasteiger partial charge in [-0.15, -0.1) is 0 Å². The van der Waals surface area contributed by atoms with Gasteiger partial charge in [0.1, 0.15) is 0 Å². The first-order chi connectivity index (χ1) is 7.81. The lowest BCUT2D eigenvalue weighted by molar-refractivity contribution is 0.348. The van der Waals surface area contributed by atoms with Crippen molar-refractivity contribution in [3.8, 4) is 0 Å². The largest absolute Gasteiger partial charge is 0.354 e. The Morgan fingerprint density at radius 1 is 1.25 bits per heavy atom. The zero-order chi connectivity index (χ0) is 11.0. The van der Waals surface area contributed by atoms with Crippen LogP contribution >= 0.6 is 0 Å². The third kappa shape index (κ3) is 1.91. The molecule has 16 heavy (non-hydrogen) atoms. The molecule has 3 nitrogen and oxygen atoms in total. The van der Waals surface area contributed by atoms with Gasteiger partial charge in [0.25, 0.3) is 0 Å². The van der Waals surface area contributed by atoms with Gasteiger partial charge in [-0.05, 0) is 49.5 Å². The highest BCUT2D eigenvalue weighted by Gasteiger charge is 2.39. The van der Waals surface area contributed by atoms with Crippen molar-refractivity contribution in [1.29, 1.82) is 0 Å². The van der Waals surface area contributed by atoms with Crippen LogP contribution in [0.5, 0.6) is 0 Å². The van der Waals surface area contributed by atoms with Gasteiger partial charge in [0.15, 0.2) is 0 Å². The first-order valence-electron chi connectivity index (χ1n) is 6.34. The van der Waals surface area contributed by atoms with Crippen LogP contribution in [0.1, 0.15) is 31.2 Å². The summed E-state index contributed by atoms with van der Waals surface area (Å²) in [4.78, 5) is 8.56. The number of nitrogens with one attached hydrogen (secondary N) is 1. The number of rotatable bonds is 3. The Labute approximate surface area is 96.7 Å². The molecule has 3 atom stereocenters. The summed E-state index contributed by atoms with van der Waals surface area (Å²) < 4.78 is 0. The monoisotopic (exact) mass is 217 g/mol. The van der Waals surface area contributed by atoms with Crippen molar-refractivity contribution in [3.05, 3.63) is 18.0 Å². The average molecular weight is 217 g/mol. The predicted molar refractivity (Wildman–Crippen MR) is 64.2 cm³/mol. The number of hydrogen-bond acceptors (Lipinski definition) is 3. The second-order valence-corrected chi connectivity index (χ2v) is 5.40. The smallest absolute Gasteiger partial charge is 0.222 e. The molecule has 1 aromatic heterocycles. The van der Waals surface area contributed by atoms with Crippen molar-refractivity contribution in [2.24, 2.45) is 17.8 Å². The summed E-state index contributed by atoms with van der Waals surface area (Å²) in [6.07, 6.45) is 9.56. The van der Waals surface area contributed by atoms with E-state index in [9.17, 15) is 0 Å². The van der Waals surface area contributed by atoms with Gasteiger partial charge < -0.3 is 5.32 Å². The normalized spacial score (nSPS) is 31.9. The van der Waals surface area contributed by atoms with Crippen LogP contribution in [0.25, 0.3) is 0 Å². The number of nitrogens with zero attached hydrogens (tertiary/aromatic N) is 2. The summed E-state index contributed by atoms with van der Waals surface area (Å²) in [6.45, 7) is 3.07. The maximum Gasteiger partial charge on any atom is 0.222 e. The summed E-state index contributed by atoms with van der Waals surface area (Å²) in [7, 11) is 0. The number of fused-ring (bicyclic) bond motifs is 2. The fourth-order valence-corrected chi connectivity index (χ4v) is 3.33. The first kappa shape index (κ1) is 10.1. The Hall–Kier alpha value is -1.12. The van der Waals surface area contributed by atoms with Gasteiger partial charge in [-0.3, -0.25) is 0 Å². The summed E-state index contributed by atoms with van der Waals surface area (Å²) in [5.74, 6) is 3.65. The Kier molecular flexibility index (Phi) is 2.54. The molecule has 0 aromatic carbocycles. The fourth-order valence-electron chi connectivity index (χ4n) is 3.33. The summed E-state index contributed by atoms with van der Waals surface area (Å²) in [5, 5.41) is 3.38. The van der Waals surface area contributed by atoms with Crippen molar-refractivity contribution in [2.45, 2.75) is 32.6 Å². The Balaban J connectivity index is 1.55. The number of aromatic nitrogens is 2. The molecular weight excluding hydrogens is 198 g/mol. The number of anilines is 1. The van der Waals surface area contributed by atoms with Crippen molar-refractivity contribution >= 4 is 5.95 Å². The highest BCUT2D eigenvalue weighted by molar-refractivity contribution is 5.24. The quantitative estimate of drug-likeness (QED) is 0.845. The summed E-state index contributed by atoms with van der Waals surface area (Å²) in [5.41, 5.74) is 1.12. The molecule has 2 aliphatic rings. The van der Waals surface area contributed by atoms with Crippen LogP contribution in [0.3, 0.4) is 0 Å². The molecular formula is C13H19N3. The molecule has 1 heterocycles. The Morgan fingerprint density at radius 2 is 2.06 bits per heavy atom. The molecule has 2 aliphatic carbocycles. The van der Waals surface area contributed by atoms with Crippen molar-refractivity contribution in [2.75, 3.05) is 11.9 Å². The summed E-state index contributed by atoms with van der Waals surface area (Å²) in [6, 6.07) is 0. The molecule has 0 saturated heterocycles. The van der Waals surface area contributed by atoms with E-state index < -0.39 is 0 Å². The highest BCUT2D eigenvalue weighted by Crippen LogP contribution is 2.48. The molecule has 0 amide bonds. The lowest BCUT2D eigenvalue weighted by atomic mass is 9.89. The van der Waals surface area contributed by atoms with E-state index in [1.54, 1.807) is 0 Å². The minimum atomic E-state index is 0.786. The lowest BCUT2D eigenvalue weighted by Crippen LogP contribution is -2.20. The predicted octanol–water partition coefficient (Wildman–Crippen LogP) is 2.63. The van der Waals surface area contributed by atoms with Crippen LogP contribution in [0.4, 0.5) is 5.95 Å². The SMILES string of the molecule is Cc1cnc(NCC2CC3CCC2C3)nc1. The third-order valence-electron chi connectivity index (χ3n) is 4.19. The minimum absolute atomic E-state index is 0.786. The van der Waals surface area contributed by atoms with Crippen LogP contribution < -0.4 is 5.32 Å². The van der Waals surface area contributed by atoms with Gasteiger partial charge in [-0.2, -0.15) is 0 Å². The topological polar surface area (TPSA) is 37.8 Å². The van der Waals surface area contributed by atoms with Gasteiger partial charge >= 0.3 is 0 Å². The van der Waals surface area contributed by atoms with Crippen LogP contribution in [0, 0.1) is 24.7 Å². The van der Waals surface area contributed by atoms with Crippen molar-refractivity contribution in [1.82, 2.24) is 9.97 Å². The fraction of sp³-hybridized carbons (Fsp3) is 0.692. The van der Waals surface area contributed by atoms with Crippen LogP contribution in [0.15, 0.2) is 12.4 Å². The highest BCUT2D eigenvalue weighted by atomic mass is 15.1. The molecule has 3 unspecified atom stereocenters. The zero-order valence-electron chi connectivity index (χ0n) is 9.82. The third-order valence-corrected chi connectivity index (χ3v) is 4.19. The van der Waals surface area contributed by atoms with E-state index in [1.165, 1.54) is 25.7 Å². The van der Waals surface area contributed by atoms with E-state index in [2.05, 4.69) is 15.3 Å². The molecule has 2 saturated carbocycles. The molecule has 0 radical (unpaired) electrons. The molecule has 3 heteroatoms. The maximum absolute atomic E-state index is 4.28. The van der Waals surface area contributed by atoms with E-state index in [4.69, 9.17) is 0 Å². The van der Waals surface area contributed by atoms with Gasteiger partial charge in [0.2, 0.25) is 5.95 Å². The molecule has 1 aromatic rings. The first-order valence-corrected chi connectivity index (χ1v) is 6.34. The van der Waals surface area contributed by atoms with Crippen molar-refractivity contribution < 1.29 is 0 Å². The summed E-state index contributed by atoms with van der Waals surface area (Å²) >= 11 is 0. The second kappa shape index (κ2) is 4.04. The number of hydrogen-bond donors (Lipinski definition) is 1. The second-order valence-electron chi connectivity index (χ2n) is 5.40. The molecule has 1 N–H and O–H groups in total. The maximum atomic E-state index is 4.28. The number of aryl methyl sites for hydroxylation is 1. The van der Waals surface area contributed by atoms with Crippen LogP contribution in [-0.2, 0) is 0 Å². The van der Waals surface area contributed by atoms with Crippen molar-refractivity contribution in [3.63, 3.8) is 0 Å². The van der Waals surface area contributed by atoms with Gasteiger partial charge in [0.05, 0.1) is 0 Å². The lowest BCUT2D eigenvalue weighted by Gasteiger charge is -2.21. The van der Waals surface area contributed by atoms with Crippen LogP contribution in [0.2, 0.25) is 0 Å². The van der Waals surface area contributed by atoms with E-state index in [1.807, 2.05) is 19.3 Å². The van der Waals surface area contributed by atoms with Gasteiger partial charge in [-0.25, -0.2) is 9.97 Å². The van der Waals surface area contributed by atoms with Crippen LogP contribution in [-0.4, -0.2) is 16.5 Å². The molecule has 0 aliphatic heterocycles. The van der Waals surface area contributed by atoms with Gasteiger partial charge in [0, 0.05) is 18.9 Å². The van der Waals surface area contributed by atoms with E-state index in [0.29, 0.717) is 0 Å². The Morgan fingerprint density at radius 3 is 2.69 bits per heavy atom.